The Hall–Kier alpha value is -1.14. The summed E-state index contributed by atoms with van der Waals surface area (Å²) in [6.45, 7) is 1.02. The fourth-order valence-electron chi connectivity index (χ4n) is 2.34. The zero-order valence-corrected chi connectivity index (χ0v) is 10.2. The van der Waals surface area contributed by atoms with Gasteiger partial charge in [0.25, 0.3) is 0 Å². The lowest BCUT2D eigenvalue weighted by atomic mass is 9.87. The molecule has 6 heteroatoms. The van der Waals surface area contributed by atoms with Crippen molar-refractivity contribution in [1.29, 1.82) is 0 Å². The molecule has 0 amide bonds. The van der Waals surface area contributed by atoms with Gasteiger partial charge in [-0.15, -0.1) is 0 Å². The summed E-state index contributed by atoms with van der Waals surface area (Å²) in [6, 6.07) is 2.29. The zero-order chi connectivity index (χ0) is 14.1. The molecule has 2 N–H and O–H groups in total. The lowest BCUT2D eigenvalue weighted by molar-refractivity contribution is -0.137. The summed E-state index contributed by atoms with van der Waals surface area (Å²) in [5.74, 6) is -0.716. The summed E-state index contributed by atoms with van der Waals surface area (Å²) in [6.07, 6.45) is -3.45. The van der Waals surface area contributed by atoms with Crippen molar-refractivity contribution in [2.75, 3.05) is 13.1 Å². The minimum Gasteiger partial charge on any atom is -0.388 e. The Bertz CT molecular complexity index is 452. The minimum absolute atomic E-state index is 0.0963. The predicted molar refractivity (Wildman–Crippen MR) is 62.2 cm³/mol. The van der Waals surface area contributed by atoms with Gasteiger partial charge in [-0.1, -0.05) is 0 Å². The van der Waals surface area contributed by atoms with E-state index in [1.807, 2.05) is 0 Å². The fraction of sp³-hybridized carbons (Fsp3) is 0.538. The Balaban J connectivity index is 2.24. The first-order chi connectivity index (χ1) is 8.80. The molecular weight excluding hydrogens is 262 g/mol. The van der Waals surface area contributed by atoms with E-state index in [0.717, 1.165) is 25.1 Å². The molecule has 1 saturated heterocycles. The van der Waals surface area contributed by atoms with Crippen LogP contribution < -0.4 is 5.32 Å². The van der Waals surface area contributed by atoms with E-state index >= 15 is 0 Å². The van der Waals surface area contributed by atoms with Gasteiger partial charge in [-0.25, -0.2) is 4.39 Å². The molecular formula is C13H15F4NO. The summed E-state index contributed by atoms with van der Waals surface area (Å²) < 4.78 is 51.3. The molecule has 1 fully saturated rings. The molecule has 1 aliphatic heterocycles. The molecule has 2 rings (SSSR count). The average Bonchev–Trinajstić information content (AvgIpc) is 2.31. The van der Waals surface area contributed by atoms with Crippen LogP contribution in [0.15, 0.2) is 18.2 Å². The Morgan fingerprint density at radius 3 is 2.63 bits per heavy atom. The summed E-state index contributed by atoms with van der Waals surface area (Å²) >= 11 is 0. The molecule has 1 aliphatic rings. The van der Waals surface area contributed by atoms with Crippen molar-refractivity contribution < 1.29 is 22.7 Å². The van der Waals surface area contributed by atoms with Gasteiger partial charge in [0.1, 0.15) is 5.82 Å². The van der Waals surface area contributed by atoms with Crippen LogP contribution in [0.25, 0.3) is 0 Å². The van der Waals surface area contributed by atoms with E-state index < -0.39 is 23.2 Å². The highest BCUT2D eigenvalue weighted by Crippen LogP contribution is 2.32. The van der Waals surface area contributed by atoms with Crippen LogP contribution in [0.2, 0.25) is 0 Å². The Kier molecular flexibility index (Phi) is 3.82. The van der Waals surface area contributed by atoms with Gasteiger partial charge in [-0.2, -0.15) is 13.2 Å². The van der Waals surface area contributed by atoms with Crippen LogP contribution in [0.3, 0.4) is 0 Å². The van der Waals surface area contributed by atoms with E-state index in [0.29, 0.717) is 12.5 Å². The van der Waals surface area contributed by atoms with Crippen molar-refractivity contribution >= 4 is 0 Å². The van der Waals surface area contributed by atoms with Gasteiger partial charge < -0.3 is 10.4 Å². The van der Waals surface area contributed by atoms with Gasteiger partial charge in [-0.05, 0) is 43.1 Å². The normalized spacial score (nSPS) is 24.5. The van der Waals surface area contributed by atoms with Crippen LogP contribution >= 0.6 is 0 Å². The van der Waals surface area contributed by atoms with E-state index in [1.54, 1.807) is 0 Å². The molecule has 2 nitrogen and oxygen atoms in total. The predicted octanol–water partition coefficient (Wildman–Crippen LogP) is 2.50. The molecule has 1 atom stereocenters. The lowest BCUT2D eigenvalue weighted by Crippen LogP contribution is -2.47. The van der Waals surface area contributed by atoms with Crippen LogP contribution in [-0.2, 0) is 12.6 Å². The molecule has 1 aromatic rings. The minimum atomic E-state index is -4.50. The summed E-state index contributed by atoms with van der Waals surface area (Å²) in [7, 11) is 0. The number of halogens is 4. The zero-order valence-electron chi connectivity index (χ0n) is 10.2. The maximum absolute atomic E-state index is 13.6. The molecule has 1 unspecified atom stereocenters. The number of nitrogens with one attached hydrogen (secondary N) is 1. The summed E-state index contributed by atoms with van der Waals surface area (Å²) in [4.78, 5) is 0. The van der Waals surface area contributed by atoms with Crippen LogP contribution in [0.4, 0.5) is 17.6 Å². The topological polar surface area (TPSA) is 32.3 Å². The van der Waals surface area contributed by atoms with Crippen molar-refractivity contribution in [3.05, 3.63) is 35.1 Å². The number of alkyl halides is 3. The Morgan fingerprint density at radius 2 is 2.05 bits per heavy atom. The van der Waals surface area contributed by atoms with Gasteiger partial charge in [0.15, 0.2) is 0 Å². The SMILES string of the molecule is OC1(Cc2cc(C(F)(F)F)ccc2F)CCCNC1. The standard InChI is InChI=1S/C13H15F4NO/c14-11-3-2-10(13(15,16)17)6-9(11)7-12(19)4-1-5-18-8-12/h2-3,6,18-19H,1,4-5,7-8H2. The molecule has 106 valence electrons. The number of β-amino-alcohol motifs (C(OH)–C–C–N with tert-alkyl or cyclic N) is 1. The quantitative estimate of drug-likeness (QED) is 0.814. The van der Waals surface area contributed by atoms with Gasteiger partial charge >= 0.3 is 6.18 Å². The monoisotopic (exact) mass is 277 g/mol. The Morgan fingerprint density at radius 1 is 1.32 bits per heavy atom. The molecule has 0 spiro atoms. The molecule has 0 aliphatic carbocycles. The number of hydrogen-bond donors (Lipinski definition) is 2. The van der Waals surface area contributed by atoms with E-state index in [9.17, 15) is 22.7 Å². The van der Waals surface area contributed by atoms with Crippen LogP contribution in [0.1, 0.15) is 24.0 Å². The van der Waals surface area contributed by atoms with Crippen molar-refractivity contribution in [3.63, 3.8) is 0 Å². The number of aliphatic hydroxyl groups is 1. The molecule has 0 radical (unpaired) electrons. The van der Waals surface area contributed by atoms with Crippen LogP contribution in [0.5, 0.6) is 0 Å². The van der Waals surface area contributed by atoms with Crippen molar-refractivity contribution in [2.24, 2.45) is 0 Å². The van der Waals surface area contributed by atoms with Crippen LogP contribution in [0, 0.1) is 5.82 Å². The summed E-state index contributed by atoms with van der Waals surface area (Å²) in [5.41, 5.74) is -2.17. The third-order valence-electron chi connectivity index (χ3n) is 3.34. The second-order valence-electron chi connectivity index (χ2n) is 4.99. The van der Waals surface area contributed by atoms with Crippen molar-refractivity contribution in [2.45, 2.75) is 31.0 Å². The maximum Gasteiger partial charge on any atom is 0.416 e. The molecule has 1 aromatic carbocycles. The number of hydrogen-bond acceptors (Lipinski definition) is 2. The lowest BCUT2D eigenvalue weighted by Gasteiger charge is -2.33. The molecule has 19 heavy (non-hydrogen) atoms. The third-order valence-corrected chi connectivity index (χ3v) is 3.34. The number of benzene rings is 1. The highest BCUT2D eigenvalue weighted by atomic mass is 19.4. The Labute approximate surface area is 108 Å². The third kappa shape index (κ3) is 3.45. The average molecular weight is 277 g/mol. The smallest absolute Gasteiger partial charge is 0.388 e. The van der Waals surface area contributed by atoms with Gasteiger partial charge in [0.2, 0.25) is 0 Å². The van der Waals surface area contributed by atoms with Crippen molar-refractivity contribution in [3.8, 4) is 0 Å². The number of rotatable bonds is 2. The van der Waals surface area contributed by atoms with E-state index in [1.165, 1.54) is 0 Å². The maximum atomic E-state index is 13.6. The van der Waals surface area contributed by atoms with Crippen molar-refractivity contribution in [1.82, 2.24) is 5.32 Å². The first-order valence-corrected chi connectivity index (χ1v) is 6.09. The molecule has 1 heterocycles. The molecule has 0 saturated carbocycles. The largest absolute Gasteiger partial charge is 0.416 e. The van der Waals surface area contributed by atoms with E-state index in [-0.39, 0.29) is 18.5 Å². The van der Waals surface area contributed by atoms with E-state index in [4.69, 9.17) is 0 Å². The molecule has 0 bridgehead atoms. The van der Waals surface area contributed by atoms with Gasteiger partial charge in [-0.3, -0.25) is 0 Å². The molecule has 0 aromatic heterocycles. The van der Waals surface area contributed by atoms with Gasteiger partial charge in [0, 0.05) is 13.0 Å². The number of piperidine rings is 1. The second kappa shape index (κ2) is 5.09. The fourth-order valence-corrected chi connectivity index (χ4v) is 2.34. The first-order valence-electron chi connectivity index (χ1n) is 6.09. The summed E-state index contributed by atoms with van der Waals surface area (Å²) in [5, 5.41) is 13.2. The second-order valence-corrected chi connectivity index (χ2v) is 4.99. The highest BCUT2D eigenvalue weighted by Gasteiger charge is 2.34. The van der Waals surface area contributed by atoms with E-state index in [2.05, 4.69) is 5.32 Å². The van der Waals surface area contributed by atoms with Crippen LogP contribution in [-0.4, -0.2) is 23.8 Å². The highest BCUT2D eigenvalue weighted by molar-refractivity contribution is 5.28. The first kappa shape index (κ1) is 14.3. The van der Waals surface area contributed by atoms with Gasteiger partial charge in [0.05, 0.1) is 11.2 Å².